The summed E-state index contributed by atoms with van der Waals surface area (Å²) in [6.45, 7) is 1.70. The lowest BCUT2D eigenvalue weighted by molar-refractivity contribution is -0.118. The van der Waals surface area contributed by atoms with Crippen molar-refractivity contribution in [1.29, 1.82) is 0 Å². The Balaban J connectivity index is 1.79. The lowest BCUT2D eigenvalue weighted by Gasteiger charge is -2.18. The van der Waals surface area contributed by atoms with Crippen LogP contribution >= 0.6 is 0 Å². The first kappa shape index (κ1) is 18.3. The van der Waals surface area contributed by atoms with E-state index in [2.05, 4.69) is 15.8 Å². The molecule has 2 aromatic carbocycles. The zero-order valence-corrected chi connectivity index (χ0v) is 14.6. The number of hydrogen-bond acceptors (Lipinski definition) is 4. The molecule has 1 atom stereocenters. The van der Waals surface area contributed by atoms with Crippen LogP contribution < -0.4 is 10.6 Å². The zero-order valence-electron chi connectivity index (χ0n) is 14.6. The normalized spacial score (nSPS) is 11.6. The Morgan fingerprint density at radius 1 is 1.11 bits per heavy atom. The van der Waals surface area contributed by atoms with Gasteiger partial charge in [0.25, 0.3) is 5.91 Å². The van der Waals surface area contributed by atoms with E-state index in [1.807, 2.05) is 30.3 Å². The molecule has 1 aromatic heterocycles. The van der Waals surface area contributed by atoms with E-state index in [9.17, 15) is 14.0 Å². The molecule has 138 valence electrons. The van der Waals surface area contributed by atoms with Gasteiger partial charge >= 0.3 is 0 Å². The van der Waals surface area contributed by atoms with Gasteiger partial charge in [-0.1, -0.05) is 47.6 Å². The van der Waals surface area contributed by atoms with E-state index in [4.69, 9.17) is 4.52 Å². The lowest BCUT2D eigenvalue weighted by Crippen LogP contribution is -2.45. The van der Waals surface area contributed by atoms with Crippen LogP contribution in [0.15, 0.2) is 65.2 Å². The molecule has 0 fully saturated rings. The smallest absolute Gasteiger partial charge is 0.254 e. The van der Waals surface area contributed by atoms with Gasteiger partial charge in [-0.2, -0.15) is 0 Å². The molecule has 0 aliphatic rings. The average molecular weight is 367 g/mol. The Labute approximate surface area is 155 Å². The van der Waals surface area contributed by atoms with Crippen LogP contribution in [0.3, 0.4) is 0 Å². The second-order valence-electron chi connectivity index (χ2n) is 6.01. The fourth-order valence-corrected chi connectivity index (χ4v) is 2.58. The molecule has 7 heteroatoms. The van der Waals surface area contributed by atoms with Crippen molar-refractivity contribution < 1.29 is 18.5 Å². The molecular formula is C20H18FN3O3. The molecule has 1 heterocycles. The summed E-state index contributed by atoms with van der Waals surface area (Å²) in [4.78, 5) is 25.1. The van der Waals surface area contributed by atoms with Crippen LogP contribution in [0.1, 0.15) is 21.7 Å². The number of carbonyl (C=O) groups is 2. The van der Waals surface area contributed by atoms with Crippen LogP contribution in [0.2, 0.25) is 0 Å². The van der Waals surface area contributed by atoms with Gasteiger partial charge in [0.05, 0.1) is 5.56 Å². The highest BCUT2D eigenvalue weighted by atomic mass is 19.1. The molecule has 2 N–H and O–H groups in total. The Kier molecular flexibility index (Phi) is 5.61. The predicted octanol–water partition coefficient (Wildman–Crippen LogP) is 3.10. The fourth-order valence-electron chi connectivity index (χ4n) is 2.58. The van der Waals surface area contributed by atoms with Gasteiger partial charge in [0.2, 0.25) is 5.91 Å². The number of aryl methyl sites for hydroxylation is 1. The molecule has 0 radical (unpaired) electrons. The van der Waals surface area contributed by atoms with E-state index in [0.29, 0.717) is 5.76 Å². The molecule has 0 spiro atoms. The molecule has 3 rings (SSSR count). The minimum atomic E-state index is -0.920. The Morgan fingerprint density at radius 3 is 2.48 bits per heavy atom. The number of benzene rings is 2. The number of nitrogens with zero attached hydrogens (tertiary/aromatic N) is 1. The highest BCUT2D eigenvalue weighted by molar-refractivity contribution is 6.01. The van der Waals surface area contributed by atoms with Gasteiger partial charge in [-0.05, 0) is 24.6 Å². The van der Waals surface area contributed by atoms with Gasteiger partial charge in [-0.25, -0.2) is 4.39 Å². The summed E-state index contributed by atoms with van der Waals surface area (Å²) in [6, 6.07) is 15.5. The topological polar surface area (TPSA) is 84.2 Å². The Hall–Kier alpha value is -3.48. The zero-order chi connectivity index (χ0) is 19.2. The molecule has 6 nitrogen and oxygen atoms in total. The predicted molar refractivity (Wildman–Crippen MR) is 97.7 cm³/mol. The maximum Gasteiger partial charge on any atom is 0.254 e. The minimum absolute atomic E-state index is 0.124. The van der Waals surface area contributed by atoms with Gasteiger partial charge in [0.15, 0.2) is 5.82 Å². The first-order chi connectivity index (χ1) is 13.0. The van der Waals surface area contributed by atoms with Crippen molar-refractivity contribution in [1.82, 2.24) is 10.5 Å². The highest BCUT2D eigenvalue weighted by Gasteiger charge is 2.24. The maximum absolute atomic E-state index is 13.9. The van der Waals surface area contributed by atoms with Crippen molar-refractivity contribution >= 4 is 17.6 Å². The van der Waals surface area contributed by atoms with Crippen LogP contribution in [0.5, 0.6) is 0 Å². The first-order valence-electron chi connectivity index (χ1n) is 8.36. The summed E-state index contributed by atoms with van der Waals surface area (Å²) in [5.74, 6) is -1.01. The van der Waals surface area contributed by atoms with Crippen molar-refractivity contribution in [3.05, 3.63) is 83.4 Å². The molecule has 3 aromatic rings. The molecule has 2 amide bonds. The van der Waals surface area contributed by atoms with Crippen LogP contribution in [0.4, 0.5) is 10.2 Å². The number of hydrogen-bond donors (Lipinski definition) is 2. The first-order valence-corrected chi connectivity index (χ1v) is 8.36. The van der Waals surface area contributed by atoms with Gasteiger partial charge < -0.3 is 15.2 Å². The number of anilines is 1. The molecule has 0 saturated carbocycles. The Morgan fingerprint density at radius 2 is 1.81 bits per heavy atom. The van der Waals surface area contributed by atoms with E-state index in [1.165, 1.54) is 18.2 Å². The van der Waals surface area contributed by atoms with E-state index >= 15 is 0 Å². The summed E-state index contributed by atoms with van der Waals surface area (Å²) in [6.07, 6.45) is 0.240. The van der Waals surface area contributed by atoms with Crippen molar-refractivity contribution in [3.8, 4) is 0 Å². The van der Waals surface area contributed by atoms with Gasteiger partial charge in [-0.3, -0.25) is 9.59 Å². The molecule has 0 bridgehead atoms. The van der Waals surface area contributed by atoms with Crippen LogP contribution in [0.25, 0.3) is 0 Å². The number of carbonyl (C=O) groups excluding carboxylic acids is 2. The van der Waals surface area contributed by atoms with E-state index in [0.717, 1.165) is 5.56 Å². The number of nitrogens with one attached hydrogen (secondary N) is 2. The summed E-state index contributed by atoms with van der Waals surface area (Å²) in [7, 11) is 0. The molecule has 0 aliphatic carbocycles. The largest absolute Gasteiger partial charge is 0.360 e. The summed E-state index contributed by atoms with van der Waals surface area (Å²) < 4.78 is 18.8. The Bertz CT molecular complexity index is 940. The number of halogens is 1. The summed E-state index contributed by atoms with van der Waals surface area (Å²) in [5.41, 5.74) is 0.725. The molecular weight excluding hydrogens is 349 g/mol. The van der Waals surface area contributed by atoms with Crippen molar-refractivity contribution in [2.45, 2.75) is 19.4 Å². The summed E-state index contributed by atoms with van der Waals surface area (Å²) in [5, 5.41) is 8.92. The number of aromatic nitrogens is 1. The second-order valence-corrected chi connectivity index (χ2v) is 6.01. The second kappa shape index (κ2) is 8.27. The van der Waals surface area contributed by atoms with Gasteiger partial charge in [0, 0.05) is 12.5 Å². The minimum Gasteiger partial charge on any atom is -0.360 e. The quantitative estimate of drug-likeness (QED) is 0.701. The third-order valence-corrected chi connectivity index (χ3v) is 3.90. The maximum atomic E-state index is 13.9. The molecule has 0 saturated heterocycles. The van der Waals surface area contributed by atoms with E-state index in [1.54, 1.807) is 19.1 Å². The van der Waals surface area contributed by atoms with Crippen molar-refractivity contribution in [2.24, 2.45) is 0 Å². The fraction of sp³-hybridized carbons (Fsp3) is 0.150. The molecule has 0 aliphatic heterocycles. The highest BCUT2D eigenvalue weighted by Crippen LogP contribution is 2.11. The van der Waals surface area contributed by atoms with Crippen LogP contribution in [-0.2, 0) is 11.2 Å². The van der Waals surface area contributed by atoms with Crippen molar-refractivity contribution in [2.75, 3.05) is 5.32 Å². The third kappa shape index (κ3) is 4.78. The number of rotatable bonds is 6. The molecule has 1 unspecified atom stereocenters. The third-order valence-electron chi connectivity index (χ3n) is 3.90. The number of amides is 2. The van der Waals surface area contributed by atoms with Crippen molar-refractivity contribution in [3.63, 3.8) is 0 Å². The SMILES string of the molecule is Cc1cc(NC(=O)C(Cc2ccccc2)NC(=O)c2ccccc2F)no1. The van der Waals surface area contributed by atoms with Gasteiger partial charge in [-0.15, -0.1) is 0 Å². The lowest BCUT2D eigenvalue weighted by atomic mass is 10.0. The summed E-state index contributed by atoms with van der Waals surface area (Å²) >= 11 is 0. The van der Waals surface area contributed by atoms with Crippen LogP contribution in [0, 0.1) is 12.7 Å². The van der Waals surface area contributed by atoms with Crippen LogP contribution in [-0.4, -0.2) is 23.0 Å². The standard InChI is InChI=1S/C20H18FN3O3/c1-13-11-18(24-27-13)23-20(26)17(12-14-7-3-2-4-8-14)22-19(25)15-9-5-6-10-16(15)21/h2-11,17H,12H2,1H3,(H,22,25)(H,23,24,26). The van der Waals surface area contributed by atoms with E-state index in [-0.39, 0.29) is 17.8 Å². The average Bonchev–Trinajstić information content (AvgIpc) is 3.07. The monoisotopic (exact) mass is 367 g/mol. The van der Waals surface area contributed by atoms with E-state index < -0.39 is 23.7 Å². The van der Waals surface area contributed by atoms with Gasteiger partial charge in [0.1, 0.15) is 17.6 Å². The molecule has 27 heavy (non-hydrogen) atoms.